The van der Waals surface area contributed by atoms with Gasteiger partial charge in [-0.1, -0.05) is 24.3 Å². The van der Waals surface area contributed by atoms with E-state index in [4.69, 9.17) is 0 Å². The number of non-ortho nitro benzene ring substituents is 1. The van der Waals surface area contributed by atoms with Crippen molar-refractivity contribution in [3.63, 3.8) is 0 Å². The van der Waals surface area contributed by atoms with Crippen LogP contribution in [0.3, 0.4) is 0 Å². The van der Waals surface area contributed by atoms with Crippen LogP contribution >= 0.6 is 0 Å². The van der Waals surface area contributed by atoms with E-state index in [0.717, 1.165) is 24.2 Å². The molecule has 2 aromatic rings. The number of nitro benzene ring substituents is 1. The van der Waals surface area contributed by atoms with Gasteiger partial charge in [-0.3, -0.25) is 14.9 Å². The Morgan fingerprint density at radius 3 is 2.19 bits per heavy atom. The number of piperidine rings is 1. The Labute approximate surface area is 159 Å². The van der Waals surface area contributed by atoms with E-state index in [9.17, 15) is 14.9 Å². The predicted octanol–water partition coefficient (Wildman–Crippen LogP) is 3.79. The zero-order valence-electron chi connectivity index (χ0n) is 15.6. The van der Waals surface area contributed by atoms with Crippen molar-refractivity contribution in [3.05, 3.63) is 69.8 Å². The number of rotatable bonds is 6. The van der Waals surface area contributed by atoms with Gasteiger partial charge < -0.3 is 9.80 Å². The standard InChI is InChI=1S/C21H25N3O3/c1-22(21(25)15-17-5-11-20(12-6-17)24(26)27)16-18-7-9-19(10-8-18)23-13-3-2-4-14-23/h5-12H,2-4,13-16H2,1H3. The van der Waals surface area contributed by atoms with Crippen LogP contribution in [0.5, 0.6) is 0 Å². The fourth-order valence-corrected chi connectivity index (χ4v) is 3.37. The second-order valence-electron chi connectivity index (χ2n) is 7.06. The number of hydrogen-bond donors (Lipinski definition) is 0. The molecule has 0 atom stereocenters. The minimum absolute atomic E-state index is 0.0102. The molecule has 0 N–H and O–H groups in total. The summed E-state index contributed by atoms with van der Waals surface area (Å²) in [6.07, 6.45) is 4.06. The molecule has 6 heteroatoms. The average molecular weight is 367 g/mol. The van der Waals surface area contributed by atoms with E-state index < -0.39 is 4.92 Å². The smallest absolute Gasteiger partial charge is 0.269 e. The maximum Gasteiger partial charge on any atom is 0.269 e. The molecular formula is C21H25N3O3. The summed E-state index contributed by atoms with van der Waals surface area (Å²) in [7, 11) is 1.78. The maximum absolute atomic E-state index is 12.4. The first kappa shape index (κ1) is 18.9. The van der Waals surface area contributed by atoms with Crippen molar-refractivity contribution >= 4 is 17.3 Å². The first-order chi connectivity index (χ1) is 13.0. The lowest BCUT2D eigenvalue weighted by molar-refractivity contribution is -0.384. The molecule has 0 aliphatic carbocycles. The summed E-state index contributed by atoms with van der Waals surface area (Å²) >= 11 is 0. The summed E-state index contributed by atoms with van der Waals surface area (Å²) in [6, 6.07) is 14.6. The zero-order chi connectivity index (χ0) is 19.2. The number of carbonyl (C=O) groups excluding carboxylic acids is 1. The first-order valence-electron chi connectivity index (χ1n) is 9.34. The summed E-state index contributed by atoms with van der Waals surface area (Å²) in [4.78, 5) is 26.8. The molecule has 0 spiro atoms. The number of carbonyl (C=O) groups is 1. The second-order valence-corrected chi connectivity index (χ2v) is 7.06. The minimum Gasteiger partial charge on any atom is -0.372 e. The Kier molecular flexibility index (Phi) is 6.06. The van der Waals surface area contributed by atoms with Gasteiger partial charge in [-0.15, -0.1) is 0 Å². The molecule has 27 heavy (non-hydrogen) atoms. The highest BCUT2D eigenvalue weighted by molar-refractivity contribution is 5.78. The molecular weight excluding hydrogens is 342 g/mol. The third-order valence-electron chi connectivity index (χ3n) is 5.01. The maximum atomic E-state index is 12.4. The van der Waals surface area contributed by atoms with Gasteiger partial charge in [0.15, 0.2) is 0 Å². The van der Waals surface area contributed by atoms with E-state index in [2.05, 4.69) is 29.2 Å². The molecule has 1 saturated heterocycles. The summed E-state index contributed by atoms with van der Waals surface area (Å²) < 4.78 is 0. The van der Waals surface area contributed by atoms with Crippen molar-refractivity contribution < 1.29 is 9.72 Å². The van der Waals surface area contributed by atoms with Crippen LogP contribution in [0.25, 0.3) is 0 Å². The monoisotopic (exact) mass is 367 g/mol. The van der Waals surface area contributed by atoms with Crippen molar-refractivity contribution in [3.8, 4) is 0 Å². The number of anilines is 1. The van der Waals surface area contributed by atoms with Gasteiger partial charge in [0, 0.05) is 44.5 Å². The van der Waals surface area contributed by atoms with Crippen LogP contribution < -0.4 is 4.90 Å². The van der Waals surface area contributed by atoms with Crippen LogP contribution in [0.1, 0.15) is 30.4 Å². The van der Waals surface area contributed by atoms with E-state index >= 15 is 0 Å². The van der Waals surface area contributed by atoms with E-state index in [1.807, 2.05) is 0 Å². The topological polar surface area (TPSA) is 66.7 Å². The van der Waals surface area contributed by atoms with Crippen molar-refractivity contribution in [1.82, 2.24) is 4.90 Å². The third-order valence-corrected chi connectivity index (χ3v) is 5.01. The molecule has 1 heterocycles. The van der Waals surface area contributed by atoms with E-state index in [1.165, 1.54) is 37.1 Å². The molecule has 1 amide bonds. The summed E-state index contributed by atoms with van der Waals surface area (Å²) in [6.45, 7) is 2.78. The molecule has 1 aliphatic heterocycles. The molecule has 2 aromatic carbocycles. The lowest BCUT2D eigenvalue weighted by Crippen LogP contribution is -2.29. The molecule has 0 saturated carbocycles. The highest BCUT2D eigenvalue weighted by atomic mass is 16.6. The lowest BCUT2D eigenvalue weighted by atomic mass is 10.1. The van der Waals surface area contributed by atoms with Gasteiger partial charge in [0.25, 0.3) is 5.69 Å². The van der Waals surface area contributed by atoms with Gasteiger partial charge in [0.2, 0.25) is 5.91 Å². The minimum atomic E-state index is -0.439. The highest BCUT2D eigenvalue weighted by Crippen LogP contribution is 2.21. The van der Waals surface area contributed by atoms with E-state index in [-0.39, 0.29) is 18.0 Å². The molecule has 1 fully saturated rings. The molecule has 0 radical (unpaired) electrons. The van der Waals surface area contributed by atoms with Gasteiger partial charge in [-0.05, 0) is 42.5 Å². The van der Waals surface area contributed by atoms with Crippen molar-refractivity contribution in [2.45, 2.75) is 32.2 Å². The molecule has 3 rings (SSSR count). The number of likely N-dealkylation sites (N-methyl/N-ethyl adjacent to an activating group) is 1. The summed E-state index contributed by atoms with van der Waals surface area (Å²) in [5, 5.41) is 10.7. The van der Waals surface area contributed by atoms with Gasteiger partial charge in [0.05, 0.1) is 11.3 Å². The Balaban J connectivity index is 1.55. The Hall–Kier alpha value is -2.89. The number of nitrogens with zero attached hydrogens (tertiary/aromatic N) is 3. The SMILES string of the molecule is CN(Cc1ccc(N2CCCCC2)cc1)C(=O)Cc1ccc([N+](=O)[O-])cc1. The highest BCUT2D eigenvalue weighted by Gasteiger charge is 2.13. The summed E-state index contributed by atoms with van der Waals surface area (Å²) in [5.74, 6) is -0.0102. The number of hydrogen-bond acceptors (Lipinski definition) is 4. The number of nitro groups is 1. The third kappa shape index (κ3) is 5.06. The first-order valence-corrected chi connectivity index (χ1v) is 9.34. The number of amides is 1. The average Bonchev–Trinajstić information content (AvgIpc) is 2.69. The fraction of sp³-hybridized carbons (Fsp3) is 0.381. The molecule has 0 aromatic heterocycles. The normalized spacial score (nSPS) is 14.0. The largest absolute Gasteiger partial charge is 0.372 e. The predicted molar refractivity (Wildman–Crippen MR) is 106 cm³/mol. The van der Waals surface area contributed by atoms with Crippen LogP contribution in [0.4, 0.5) is 11.4 Å². The lowest BCUT2D eigenvalue weighted by Gasteiger charge is -2.29. The van der Waals surface area contributed by atoms with E-state index in [1.54, 1.807) is 24.1 Å². The Bertz CT molecular complexity index is 781. The van der Waals surface area contributed by atoms with Crippen LogP contribution in [-0.2, 0) is 17.8 Å². The Morgan fingerprint density at radius 1 is 1.00 bits per heavy atom. The van der Waals surface area contributed by atoms with Gasteiger partial charge in [0.1, 0.15) is 0 Å². The second kappa shape index (κ2) is 8.66. The van der Waals surface area contributed by atoms with E-state index in [0.29, 0.717) is 6.54 Å². The summed E-state index contributed by atoms with van der Waals surface area (Å²) in [5.41, 5.74) is 3.15. The van der Waals surface area contributed by atoms with Gasteiger partial charge in [-0.2, -0.15) is 0 Å². The van der Waals surface area contributed by atoms with Crippen LogP contribution in [0.15, 0.2) is 48.5 Å². The molecule has 0 unspecified atom stereocenters. The Morgan fingerprint density at radius 2 is 1.59 bits per heavy atom. The molecule has 6 nitrogen and oxygen atoms in total. The van der Waals surface area contributed by atoms with Crippen LogP contribution in [0.2, 0.25) is 0 Å². The van der Waals surface area contributed by atoms with Crippen LogP contribution in [0, 0.1) is 10.1 Å². The fourth-order valence-electron chi connectivity index (χ4n) is 3.37. The van der Waals surface area contributed by atoms with Crippen LogP contribution in [-0.4, -0.2) is 35.9 Å². The van der Waals surface area contributed by atoms with Crippen molar-refractivity contribution in [1.29, 1.82) is 0 Å². The van der Waals surface area contributed by atoms with Gasteiger partial charge >= 0.3 is 0 Å². The van der Waals surface area contributed by atoms with Crippen molar-refractivity contribution in [2.24, 2.45) is 0 Å². The van der Waals surface area contributed by atoms with Crippen molar-refractivity contribution in [2.75, 3.05) is 25.0 Å². The molecule has 142 valence electrons. The number of benzene rings is 2. The molecule has 1 aliphatic rings. The quantitative estimate of drug-likeness (QED) is 0.575. The zero-order valence-corrected chi connectivity index (χ0v) is 15.6. The van der Waals surface area contributed by atoms with Gasteiger partial charge in [-0.25, -0.2) is 0 Å². The molecule has 0 bridgehead atoms.